The maximum absolute atomic E-state index is 10.8. The fourth-order valence-electron chi connectivity index (χ4n) is 2.10. The Hall–Kier alpha value is -2.58. The van der Waals surface area contributed by atoms with Crippen LogP contribution in [0.15, 0.2) is 45.7 Å². The first kappa shape index (κ1) is 14.4. The molecule has 0 unspecified atom stereocenters. The van der Waals surface area contributed by atoms with Crippen molar-refractivity contribution in [3.8, 4) is 0 Å². The Labute approximate surface area is 128 Å². The van der Waals surface area contributed by atoms with Crippen LogP contribution in [0.1, 0.15) is 0 Å². The number of hydrogen-bond donors (Lipinski definition) is 2. The summed E-state index contributed by atoms with van der Waals surface area (Å²) in [6.45, 7) is -0.158. The van der Waals surface area contributed by atoms with E-state index in [0.29, 0.717) is 11.2 Å². The molecule has 8 heteroatoms. The van der Waals surface area contributed by atoms with E-state index in [1.54, 1.807) is 12.1 Å². The maximum atomic E-state index is 10.8. The van der Waals surface area contributed by atoms with E-state index in [-0.39, 0.29) is 12.2 Å². The van der Waals surface area contributed by atoms with Gasteiger partial charge in [0, 0.05) is 21.7 Å². The van der Waals surface area contributed by atoms with E-state index in [1.807, 2.05) is 12.1 Å². The number of hydrogen-bond acceptors (Lipinski definition) is 6. The van der Waals surface area contributed by atoms with E-state index >= 15 is 0 Å². The monoisotopic (exact) mass is 318 g/mol. The van der Waals surface area contributed by atoms with Crippen LogP contribution in [0.2, 0.25) is 0 Å². The van der Waals surface area contributed by atoms with Crippen molar-refractivity contribution >= 4 is 45.5 Å². The lowest BCUT2D eigenvalue weighted by Crippen LogP contribution is -2.15. The molecular weight excluding hydrogens is 308 g/mol. The second-order valence-electron chi connectivity index (χ2n) is 4.51. The van der Waals surface area contributed by atoms with Crippen LogP contribution >= 0.6 is 11.9 Å². The predicted octanol–water partition coefficient (Wildman–Crippen LogP) is 3.18. The fraction of sp³-hybridized carbons (Fsp3) is 0.0714. The molecule has 22 heavy (non-hydrogen) atoms. The Balaban J connectivity index is 1.96. The van der Waals surface area contributed by atoms with Crippen LogP contribution in [0, 0.1) is 10.1 Å². The molecule has 112 valence electrons. The van der Waals surface area contributed by atoms with Crippen LogP contribution in [-0.4, -0.2) is 22.5 Å². The summed E-state index contributed by atoms with van der Waals surface area (Å²) < 4.78 is 8.36. The molecule has 0 aliphatic rings. The van der Waals surface area contributed by atoms with Gasteiger partial charge in [0.25, 0.3) is 5.69 Å². The summed E-state index contributed by atoms with van der Waals surface area (Å²) in [5.74, 6) is -0.940. The summed E-state index contributed by atoms with van der Waals surface area (Å²) in [4.78, 5) is 21.6. The molecule has 0 spiro atoms. The van der Waals surface area contributed by atoms with E-state index in [9.17, 15) is 14.9 Å². The molecule has 0 radical (unpaired) electrons. The van der Waals surface area contributed by atoms with E-state index in [4.69, 9.17) is 9.52 Å². The smallest absolute Gasteiger partial charge is 0.318 e. The third-order valence-corrected chi connectivity index (χ3v) is 3.83. The van der Waals surface area contributed by atoms with Crippen molar-refractivity contribution in [2.75, 3.05) is 6.54 Å². The quantitative estimate of drug-likeness (QED) is 0.423. The number of carboxylic acid groups (broad SMARTS) is 1. The molecule has 2 aromatic carbocycles. The third-order valence-electron chi connectivity index (χ3n) is 3.05. The number of nitrogens with zero attached hydrogens (tertiary/aromatic N) is 1. The lowest BCUT2D eigenvalue weighted by atomic mass is 10.1. The zero-order valence-electron chi connectivity index (χ0n) is 11.1. The molecule has 0 aliphatic carbocycles. The number of carbonyl (C=O) groups is 1. The summed E-state index contributed by atoms with van der Waals surface area (Å²) in [6, 6.07) is 9.94. The van der Waals surface area contributed by atoms with Crippen LogP contribution in [0.3, 0.4) is 0 Å². The highest BCUT2D eigenvalue weighted by Gasteiger charge is 2.12. The largest absolute Gasteiger partial charge is 0.480 e. The van der Waals surface area contributed by atoms with Crippen LogP contribution in [0.5, 0.6) is 0 Å². The Morgan fingerprint density at radius 3 is 2.59 bits per heavy atom. The van der Waals surface area contributed by atoms with Gasteiger partial charge in [-0.05, 0) is 36.2 Å². The highest BCUT2D eigenvalue weighted by atomic mass is 32.2. The van der Waals surface area contributed by atoms with Crippen molar-refractivity contribution in [2.45, 2.75) is 4.90 Å². The van der Waals surface area contributed by atoms with Crippen molar-refractivity contribution in [3.63, 3.8) is 0 Å². The third kappa shape index (κ3) is 2.74. The first-order valence-electron chi connectivity index (χ1n) is 6.27. The highest BCUT2D eigenvalue weighted by Crippen LogP contribution is 2.33. The second-order valence-corrected chi connectivity index (χ2v) is 5.48. The standard InChI is InChI=1S/C14H10N2O5S/c17-14(18)7-15-22-9-2-4-11-10-3-1-8(16(19)20)5-12(10)21-13(11)6-9/h1-6,15H,7H2,(H,17,18). The number of fused-ring (bicyclic) bond motifs is 3. The van der Waals surface area contributed by atoms with Crippen LogP contribution in [-0.2, 0) is 4.79 Å². The minimum absolute atomic E-state index is 0.0238. The Bertz CT molecular complexity index is 889. The van der Waals surface area contributed by atoms with Crippen molar-refractivity contribution in [1.82, 2.24) is 4.72 Å². The van der Waals surface area contributed by atoms with E-state index < -0.39 is 10.9 Å². The zero-order valence-corrected chi connectivity index (χ0v) is 11.9. The number of nitro benzene ring substituents is 1. The first-order chi connectivity index (χ1) is 10.5. The molecule has 1 heterocycles. The number of nitrogens with one attached hydrogen (secondary N) is 1. The Kier molecular flexibility index (Phi) is 3.70. The molecule has 0 saturated carbocycles. The summed E-state index contributed by atoms with van der Waals surface area (Å²) in [5.41, 5.74) is 1.02. The molecule has 0 atom stereocenters. The molecule has 0 saturated heterocycles. The van der Waals surface area contributed by atoms with Gasteiger partial charge in [0.15, 0.2) is 0 Å². The van der Waals surface area contributed by atoms with Crippen molar-refractivity contribution in [1.29, 1.82) is 0 Å². The van der Waals surface area contributed by atoms with Crippen LogP contribution in [0.25, 0.3) is 21.9 Å². The first-order valence-corrected chi connectivity index (χ1v) is 7.08. The van der Waals surface area contributed by atoms with Gasteiger partial charge < -0.3 is 9.52 Å². The second kappa shape index (κ2) is 5.66. The van der Waals surface area contributed by atoms with Gasteiger partial charge in [-0.15, -0.1) is 0 Å². The van der Waals surface area contributed by atoms with E-state index in [2.05, 4.69) is 4.72 Å². The van der Waals surface area contributed by atoms with Crippen LogP contribution in [0.4, 0.5) is 5.69 Å². The number of furan rings is 1. The number of non-ortho nitro benzene ring substituents is 1. The minimum Gasteiger partial charge on any atom is -0.480 e. The summed E-state index contributed by atoms with van der Waals surface area (Å²) in [7, 11) is 0. The Morgan fingerprint density at radius 2 is 1.91 bits per heavy atom. The number of rotatable bonds is 5. The number of nitro groups is 1. The molecule has 7 nitrogen and oxygen atoms in total. The Morgan fingerprint density at radius 1 is 1.23 bits per heavy atom. The van der Waals surface area contributed by atoms with Gasteiger partial charge in [-0.1, -0.05) is 0 Å². The topological polar surface area (TPSA) is 106 Å². The molecule has 0 bridgehead atoms. The average Bonchev–Trinajstić information content (AvgIpc) is 2.83. The van der Waals surface area contributed by atoms with Gasteiger partial charge in [0.1, 0.15) is 17.7 Å². The number of carboxylic acids is 1. The average molecular weight is 318 g/mol. The minimum atomic E-state index is -0.940. The molecule has 0 aliphatic heterocycles. The molecule has 0 amide bonds. The lowest BCUT2D eigenvalue weighted by Gasteiger charge is -2.00. The predicted molar refractivity (Wildman–Crippen MR) is 81.9 cm³/mol. The molecule has 3 aromatic rings. The highest BCUT2D eigenvalue weighted by molar-refractivity contribution is 7.97. The zero-order chi connectivity index (χ0) is 15.7. The molecule has 0 fully saturated rings. The molecule has 3 rings (SSSR count). The van der Waals surface area contributed by atoms with Gasteiger partial charge in [-0.3, -0.25) is 14.9 Å². The molecular formula is C14H10N2O5S. The van der Waals surface area contributed by atoms with Gasteiger partial charge in [-0.2, -0.15) is 0 Å². The van der Waals surface area contributed by atoms with Gasteiger partial charge in [-0.25, -0.2) is 4.72 Å². The molecule has 1 aromatic heterocycles. The fourth-order valence-corrected chi connectivity index (χ4v) is 2.77. The van der Waals surface area contributed by atoms with Gasteiger partial charge in [0.05, 0.1) is 11.0 Å². The number of aliphatic carboxylic acids is 1. The van der Waals surface area contributed by atoms with E-state index in [0.717, 1.165) is 15.7 Å². The van der Waals surface area contributed by atoms with Crippen molar-refractivity contribution in [2.24, 2.45) is 0 Å². The van der Waals surface area contributed by atoms with Crippen molar-refractivity contribution < 1.29 is 19.2 Å². The summed E-state index contributed by atoms with van der Waals surface area (Å²) in [5, 5.41) is 21.0. The normalized spacial score (nSPS) is 11.1. The van der Waals surface area contributed by atoms with Gasteiger partial charge >= 0.3 is 5.97 Å². The SMILES string of the molecule is O=C(O)CNSc1ccc2c(c1)oc1cc([N+](=O)[O-])ccc12. The molecule has 2 N–H and O–H groups in total. The van der Waals surface area contributed by atoms with E-state index in [1.165, 1.54) is 24.1 Å². The summed E-state index contributed by atoms with van der Waals surface area (Å²) >= 11 is 1.18. The van der Waals surface area contributed by atoms with Crippen molar-refractivity contribution in [3.05, 3.63) is 46.5 Å². The lowest BCUT2D eigenvalue weighted by molar-refractivity contribution is -0.384. The maximum Gasteiger partial charge on any atom is 0.318 e. The summed E-state index contributed by atoms with van der Waals surface area (Å²) in [6.07, 6.45) is 0. The van der Waals surface area contributed by atoms with Crippen LogP contribution < -0.4 is 4.72 Å². The van der Waals surface area contributed by atoms with Gasteiger partial charge in [0.2, 0.25) is 0 Å². The number of benzene rings is 2.